The van der Waals surface area contributed by atoms with Crippen LogP contribution < -0.4 is 11.1 Å². The molecule has 1 aliphatic rings. The Kier molecular flexibility index (Phi) is 4.35. The summed E-state index contributed by atoms with van der Waals surface area (Å²) >= 11 is 0. The van der Waals surface area contributed by atoms with Crippen LogP contribution in [0.4, 0.5) is 0 Å². The van der Waals surface area contributed by atoms with Gasteiger partial charge in [-0.25, -0.2) is 4.98 Å². The highest BCUT2D eigenvalue weighted by molar-refractivity contribution is 5.92. The molecule has 0 spiro atoms. The smallest absolute Gasteiger partial charge is 0.270 e. The summed E-state index contributed by atoms with van der Waals surface area (Å²) in [7, 11) is 0. The highest BCUT2D eigenvalue weighted by Crippen LogP contribution is 2.33. The van der Waals surface area contributed by atoms with Gasteiger partial charge in [0.2, 0.25) is 0 Å². The van der Waals surface area contributed by atoms with E-state index < -0.39 is 0 Å². The maximum atomic E-state index is 12.3. The Morgan fingerprint density at radius 3 is 2.95 bits per heavy atom. The minimum atomic E-state index is -0.328. The molecule has 1 fully saturated rings. The van der Waals surface area contributed by atoms with Crippen molar-refractivity contribution < 1.29 is 4.79 Å². The quantitative estimate of drug-likeness (QED) is 0.874. The van der Waals surface area contributed by atoms with E-state index in [4.69, 9.17) is 11.0 Å². The highest BCUT2D eigenvalue weighted by atomic mass is 16.2. The lowest BCUT2D eigenvalue weighted by atomic mass is 9.73. The zero-order valence-corrected chi connectivity index (χ0v) is 11.7. The topological polar surface area (TPSA) is 91.8 Å². The molecule has 2 unspecified atom stereocenters. The molecule has 3 N–H and O–H groups in total. The van der Waals surface area contributed by atoms with Crippen molar-refractivity contribution in [1.29, 1.82) is 5.26 Å². The monoisotopic (exact) mass is 272 g/mol. The second-order valence-electron chi connectivity index (χ2n) is 5.51. The van der Waals surface area contributed by atoms with Crippen molar-refractivity contribution in [2.45, 2.75) is 38.1 Å². The number of hydrogen-bond donors (Lipinski definition) is 2. The van der Waals surface area contributed by atoms with Crippen molar-refractivity contribution in [1.82, 2.24) is 10.3 Å². The minimum Gasteiger partial charge on any atom is -0.344 e. The zero-order valence-electron chi connectivity index (χ0n) is 11.7. The molecule has 2 atom stereocenters. The second-order valence-corrected chi connectivity index (χ2v) is 5.51. The van der Waals surface area contributed by atoms with Crippen LogP contribution in [-0.2, 0) is 0 Å². The summed E-state index contributed by atoms with van der Waals surface area (Å²) in [6.07, 6.45) is 5.68. The van der Waals surface area contributed by atoms with Gasteiger partial charge in [-0.15, -0.1) is 0 Å². The fourth-order valence-corrected chi connectivity index (χ4v) is 2.84. The van der Waals surface area contributed by atoms with Crippen molar-refractivity contribution in [2.24, 2.45) is 11.7 Å². The average molecular weight is 272 g/mol. The zero-order chi connectivity index (χ0) is 14.6. The average Bonchev–Trinajstić information content (AvgIpc) is 2.49. The summed E-state index contributed by atoms with van der Waals surface area (Å²) in [5.74, 6) is 0.150. The van der Waals surface area contributed by atoms with E-state index in [0.717, 1.165) is 19.3 Å². The van der Waals surface area contributed by atoms with Gasteiger partial charge in [0.25, 0.3) is 5.91 Å². The van der Waals surface area contributed by atoms with E-state index in [1.54, 1.807) is 12.1 Å². The predicted molar refractivity (Wildman–Crippen MR) is 75.8 cm³/mol. The van der Waals surface area contributed by atoms with Crippen LogP contribution >= 0.6 is 0 Å². The van der Waals surface area contributed by atoms with Crippen LogP contribution in [0.25, 0.3) is 0 Å². The number of aromatic nitrogens is 1. The largest absolute Gasteiger partial charge is 0.344 e. The van der Waals surface area contributed by atoms with Crippen LogP contribution in [0.2, 0.25) is 0 Å². The maximum Gasteiger partial charge on any atom is 0.270 e. The number of nitrogens with zero attached hydrogens (tertiary/aromatic N) is 2. The van der Waals surface area contributed by atoms with Crippen LogP contribution in [-0.4, -0.2) is 23.0 Å². The summed E-state index contributed by atoms with van der Waals surface area (Å²) in [5, 5.41) is 11.8. The molecule has 2 rings (SSSR count). The molecule has 0 saturated heterocycles. The summed E-state index contributed by atoms with van der Waals surface area (Å²) in [4.78, 5) is 16.3. The number of pyridine rings is 1. The molecule has 0 bridgehead atoms. The van der Waals surface area contributed by atoms with E-state index in [1.165, 1.54) is 12.6 Å². The first-order chi connectivity index (χ1) is 9.61. The summed E-state index contributed by atoms with van der Waals surface area (Å²) < 4.78 is 0. The van der Waals surface area contributed by atoms with Gasteiger partial charge in [-0.2, -0.15) is 5.26 Å². The van der Waals surface area contributed by atoms with E-state index in [9.17, 15) is 4.79 Å². The van der Waals surface area contributed by atoms with E-state index in [2.05, 4.69) is 17.2 Å². The molecule has 0 radical (unpaired) electrons. The molecule has 5 heteroatoms. The van der Waals surface area contributed by atoms with Crippen LogP contribution in [0.3, 0.4) is 0 Å². The molecular formula is C15H20N4O. The molecule has 1 aromatic heterocycles. The van der Waals surface area contributed by atoms with E-state index in [-0.39, 0.29) is 11.4 Å². The Balaban J connectivity index is 2.14. The molecule has 0 aliphatic heterocycles. The van der Waals surface area contributed by atoms with Gasteiger partial charge in [0.05, 0.1) is 11.1 Å². The van der Waals surface area contributed by atoms with E-state index >= 15 is 0 Å². The van der Waals surface area contributed by atoms with Gasteiger partial charge >= 0.3 is 0 Å². The van der Waals surface area contributed by atoms with Gasteiger partial charge in [0.1, 0.15) is 11.8 Å². The molecule has 106 valence electrons. The third-order valence-electron chi connectivity index (χ3n) is 4.31. The van der Waals surface area contributed by atoms with E-state index in [0.29, 0.717) is 23.7 Å². The van der Waals surface area contributed by atoms with Crippen LogP contribution in [0.1, 0.15) is 48.7 Å². The number of carbonyl (C=O) groups excluding carboxylic acids is 1. The number of nitrogens with one attached hydrogen (secondary N) is 1. The first kappa shape index (κ1) is 14.5. The molecule has 20 heavy (non-hydrogen) atoms. The molecule has 1 saturated carbocycles. The fraction of sp³-hybridized carbons (Fsp3) is 0.533. The van der Waals surface area contributed by atoms with Gasteiger partial charge in [0.15, 0.2) is 0 Å². The Bertz CT molecular complexity index is 520. The molecule has 1 aliphatic carbocycles. The third-order valence-corrected chi connectivity index (χ3v) is 4.31. The number of carbonyl (C=O) groups is 1. The summed E-state index contributed by atoms with van der Waals surface area (Å²) in [6, 6.07) is 5.16. The summed E-state index contributed by atoms with van der Waals surface area (Å²) in [6.45, 7) is 2.58. The number of nitrogens with two attached hydrogens (primary N) is 1. The van der Waals surface area contributed by atoms with Gasteiger partial charge in [0, 0.05) is 12.7 Å². The molecule has 5 nitrogen and oxygen atoms in total. The Morgan fingerprint density at radius 2 is 2.40 bits per heavy atom. The highest BCUT2D eigenvalue weighted by Gasteiger charge is 2.38. The number of rotatable bonds is 3. The Morgan fingerprint density at radius 1 is 1.60 bits per heavy atom. The van der Waals surface area contributed by atoms with Crippen molar-refractivity contribution in [3.05, 3.63) is 29.6 Å². The molecule has 0 aromatic carbocycles. The van der Waals surface area contributed by atoms with Crippen molar-refractivity contribution in [3.63, 3.8) is 0 Å². The fourth-order valence-electron chi connectivity index (χ4n) is 2.84. The first-order valence-corrected chi connectivity index (χ1v) is 7.00. The molecular weight excluding hydrogens is 252 g/mol. The molecule has 1 heterocycles. The second kappa shape index (κ2) is 6.02. The van der Waals surface area contributed by atoms with Crippen molar-refractivity contribution >= 4 is 5.91 Å². The van der Waals surface area contributed by atoms with Crippen LogP contribution in [0.5, 0.6) is 0 Å². The maximum absolute atomic E-state index is 12.3. The Hall–Kier alpha value is -1.93. The van der Waals surface area contributed by atoms with Crippen molar-refractivity contribution in [3.8, 4) is 6.07 Å². The standard InChI is InChI=1S/C15H20N4O/c1-11-4-2-3-7-15(11,10-17)19-14(20)13-6-5-12(8-16)9-18-13/h5-6,9,11H,2-4,7,10,17H2,1H3,(H,19,20). The lowest BCUT2D eigenvalue weighted by molar-refractivity contribution is 0.0807. The summed E-state index contributed by atoms with van der Waals surface area (Å²) in [5.41, 5.74) is 6.37. The SMILES string of the molecule is CC1CCCCC1(CN)NC(=O)c1ccc(C#N)cn1. The van der Waals surface area contributed by atoms with Gasteiger partial charge in [-0.3, -0.25) is 4.79 Å². The predicted octanol–water partition coefficient (Wildman–Crippen LogP) is 1.59. The lowest BCUT2D eigenvalue weighted by Gasteiger charge is -2.42. The third kappa shape index (κ3) is 2.81. The van der Waals surface area contributed by atoms with Gasteiger partial charge in [-0.1, -0.05) is 19.8 Å². The molecule has 1 aromatic rings. The van der Waals surface area contributed by atoms with Crippen molar-refractivity contribution in [2.75, 3.05) is 6.54 Å². The molecule has 1 amide bonds. The van der Waals surface area contributed by atoms with E-state index in [1.807, 2.05) is 6.07 Å². The van der Waals surface area contributed by atoms with Crippen LogP contribution in [0.15, 0.2) is 18.3 Å². The first-order valence-electron chi connectivity index (χ1n) is 7.00. The number of nitriles is 1. The van der Waals surface area contributed by atoms with Gasteiger partial charge in [-0.05, 0) is 30.9 Å². The normalized spacial score (nSPS) is 25.8. The Labute approximate surface area is 119 Å². The number of hydrogen-bond acceptors (Lipinski definition) is 4. The van der Waals surface area contributed by atoms with Crippen LogP contribution in [0, 0.1) is 17.2 Å². The minimum absolute atomic E-state index is 0.214. The number of amides is 1. The lowest BCUT2D eigenvalue weighted by Crippen LogP contribution is -2.59. The van der Waals surface area contributed by atoms with Gasteiger partial charge < -0.3 is 11.1 Å².